The SMILES string of the molecule is COC[C@](F)([C@H](OC1CCC(C(=O)O)CC1)N1CCCC1)N1CCCC1. The minimum absolute atomic E-state index is 0.00135. The average Bonchev–Trinajstić information content (AvgIpc) is 3.34. The molecule has 0 aromatic heterocycles. The molecule has 0 aromatic rings. The first-order valence-electron chi connectivity index (χ1n) is 10.1. The third kappa shape index (κ3) is 4.38. The Hall–Kier alpha value is -0.760. The van der Waals surface area contributed by atoms with Gasteiger partial charge in [0.15, 0.2) is 6.23 Å². The maximum absolute atomic E-state index is 16.3. The Bertz CT molecular complexity index is 460. The molecule has 7 heteroatoms. The number of aliphatic carboxylic acids is 1. The van der Waals surface area contributed by atoms with Crippen molar-refractivity contribution in [2.75, 3.05) is 39.9 Å². The van der Waals surface area contributed by atoms with E-state index >= 15 is 4.39 Å². The van der Waals surface area contributed by atoms with Crippen LogP contribution in [0.25, 0.3) is 0 Å². The Morgan fingerprint density at radius 3 is 2.23 bits per heavy atom. The molecular formula is C19H33FN2O4. The van der Waals surface area contributed by atoms with Crippen LogP contribution in [-0.2, 0) is 14.3 Å². The summed E-state index contributed by atoms with van der Waals surface area (Å²) in [6.45, 7) is 3.16. The maximum atomic E-state index is 16.3. The molecular weight excluding hydrogens is 339 g/mol. The van der Waals surface area contributed by atoms with Crippen molar-refractivity contribution < 1.29 is 23.8 Å². The number of likely N-dealkylation sites (tertiary alicyclic amines) is 2. The molecule has 1 N–H and O–H groups in total. The Kier molecular flexibility index (Phi) is 6.88. The van der Waals surface area contributed by atoms with Gasteiger partial charge >= 0.3 is 5.97 Å². The van der Waals surface area contributed by atoms with Gasteiger partial charge in [-0.3, -0.25) is 14.6 Å². The number of ether oxygens (including phenoxy) is 2. The van der Waals surface area contributed by atoms with Crippen LogP contribution in [0.3, 0.4) is 0 Å². The number of methoxy groups -OCH3 is 1. The number of hydrogen-bond donors (Lipinski definition) is 1. The van der Waals surface area contributed by atoms with Gasteiger partial charge in [-0.25, -0.2) is 4.39 Å². The van der Waals surface area contributed by atoms with Gasteiger partial charge in [0.2, 0.25) is 5.79 Å². The van der Waals surface area contributed by atoms with Gasteiger partial charge < -0.3 is 14.6 Å². The molecule has 1 aliphatic carbocycles. The number of hydrogen-bond acceptors (Lipinski definition) is 5. The van der Waals surface area contributed by atoms with Crippen molar-refractivity contribution in [2.24, 2.45) is 5.92 Å². The lowest BCUT2D eigenvalue weighted by molar-refractivity contribution is -0.236. The average molecular weight is 372 g/mol. The van der Waals surface area contributed by atoms with E-state index in [4.69, 9.17) is 9.47 Å². The van der Waals surface area contributed by atoms with E-state index in [1.165, 1.54) is 0 Å². The number of halogens is 1. The molecule has 3 aliphatic rings. The number of rotatable bonds is 8. The standard InChI is InChI=1S/C19H33FN2O4/c1-25-14-19(20,22-12-4-5-13-22)18(21-10-2-3-11-21)26-16-8-6-15(7-9-16)17(23)24/h15-16,18H,2-14H2,1H3,(H,23,24)/t15?,16?,18-,19+/m0/s1. The fraction of sp³-hybridized carbons (Fsp3) is 0.947. The number of nitrogens with zero attached hydrogens (tertiary/aromatic N) is 2. The fourth-order valence-electron chi connectivity index (χ4n) is 4.68. The molecule has 2 saturated heterocycles. The van der Waals surface area contributed by atoms with Gasteiger partial charge in [0, 0.05) is 33.3 Å². The van der Waals surface area contributed by atoms with Crippen molar-refractivity contribution >= 4 is 5.97 Å². The predicted molar refractivity (Wildman–Crippen MR) is 95.6 cm³/mol. The second kappa shape index (κ2) is 8.95. The van der Waals surface area contributed by atoms with E-state index in [0.29, 0.717) is 25.7 Å². The molecule has 0 spiro atoms. The van der Waals surface area contributed by atoms with Crippen LogP contribution in [0.5, 0.6) is 0 Å². The minimum atomic E-state index is -1.65. The van der Waals surface area contributed by atoms with Gasteiger partial charge in [-0.1, -0.05) is 0 Å². The molecule has 2 atom stereocenters. The summed E-state index contributed by atoms with van der Waals surface area (Å²) in [6.07, 6.45) is 6.01. The van der Waals surface area contributed by atoms with Crippen LogP contribution < -0.4 is 0 Å². The van der Waals surface area contributed by atoms with Gasteiger partial charge in [-0.2, -0.15) is 0 Å². The van der Waals surface area contributed by atoms with E-state index in [0.717, 1.165) is 51.9 Å². The lowest BCUT2D eigenvalue weighted by Crippen LogP contribution is -2.62. The van der Waals surface area contributed by atoms with Gasteiger partial charge in [0.25, 0.3) is 0 Å². The van der Waals surface area contributed by atoms with Crippen molar-refractivity contribution in [3.8, 4) is 0 Å². The summed E-state index contributed by atoms with van der Waals surface area (Å²) in [4.78, 5) is 15.2. The van der Waals surface area contributed by atoms with Gasteiger partial charge in [-0.05, 0) is 51.4 Å². The normalized spacial score (nSPS) is 31.8. The molecule has 0 unspecified atom stereocenters. The van der Waals surface area contributed by atoms with Crippen LogP contribution in [0.2, 0.25) is 0 Å². The quantitative estimate of drug-likeness (QED) is 0.661. The Morgan fingerprint density at radius 1 is 1.12 bits per heavy atom. The Labute approximate surface area is 155 Å². The molecule has 3 fully saturated rings. The minimum Gasteiger partial charge on any atom is -0.481 e. The molecule has 2 heterocycles. The highest BCUT2D eigenvalue weighted by molar-refractivity contribution is 5.70. The van der Waals surface area contributed by atoms with E-state index in [1.54, 1.807) is 7.11 Å². The van der Waals surface area contributed by atoms with Gasteiger partial charge in [-0.15, -0.1) is 0 Å². The maximum Gasteiger partial charge on any atom is 0.306 e. The number of carboxylic acid groups (broad SMARTS) is 1. The van der Waals surface area contributed by atoms with Crippen molar-refractivity contribution in [2.45, 2.75) is 69.5 Å². The number of carbonyl (C=O) groups is 1. The number of carboxylic acids is 1. The zero-order valence-electron chi connectivity index (χ0n) is 15.9. The van der Waals surface area contributed by atoms with E-state index in [1.807, 2.05) is 4.90 Å². The van der Waals surface area contributed by atoms with E-state index < -0.39 is 18.0 Å². The first-order chi connectivity index (χ1) is 12.5. The highest BCUT2D eigenvalue weighted by Crippen LogP contribution is 2.36. The highest BCUT2D eigenvalue weighted by Gasteiger charge is 2.50. The fourth-order valence-corrected chi connectivity index (χ4v) is 4.68. The molecule has 0 amide bonds. The predicted octanol–water partition coefficient (Wildman–Crippen LogP) is 2.48. The van der Waals surface area contributed by atoms with Crippen LogP contribution in [0.1, 0.15) is 51.4 Å². The Morgan fingerprint density at radius 2 is 1.69 bits per heavy atom. The van der Waals surface area contributed by atoms with Crippen molar-refractivity contribution in [1.82, 2.24) is 9.80 Å². The molecule has 0 radical (unpaired) electrons. The molecule has 1 saturated carbocycles. The zero-order chi connectivity index (χ0) is 18.6. The van der Waals surface area contributed by atoms with Crippen LogP contribution >= 0.6 is 0 Å². The third-order valence-corrected chi connectivity index (χ3v) is 6.17. The monoisotopic (exact) mass is 372 g/mol. The molecule has 0 aromatic carbocycles. The lowest BCUT2D eigenvalue weighted by Gasteiger charge is -2.45. The molecule has 2 aliphatic heterocycles. The summed E-state index contributed by atoms with van der Waals surface area (Å²) in [6, 6.07) is 0. The smallest absolute Gasteiger partial charge is 0.306 e. The first kappa shape index (κ1) is 20.0. The van der Waals surface area contributed by atoms with Crippen molar-refractivity contribution in [1.29, 1.82) is 0 Å². The summed E-state index contributed by atoms with van der Waals surface area (Å²) in [5.74, 6) is -2.66. The van der Waals surface area contributed by atoms with Crippen molar-refractivity contribution in [3.05, 3.63) is 0 Å². The molecule has 0 bridgehead atoms. The van der Waals surface area contributed by atoms with Crippen LogP contribution in [0.4, 0.5) is 4.39 Å². The zero-order valence-corrected chi connectivity index (χ0v) is 15.9. The van der Waals surface area contributed by atoms with Crippen LogP contribution in [0, 0.1) is 5.92 Å². The summed E-state index contributed by atoms with van der Waals surface area (Å²) in [5, 5.41) is 9.19. The third-order valence-electron chi connectivity index (χ3n) is 6.17. The Balaban J connectivity index is 1.72. The van der Waals surface area contributed by atoms with E-state index in [9.17, 15) is 9.90 Å². The summed E-state index contributed by atoms with van der Waals surface area (Å²) < 4.78 is 28.0. The second-order valence-electron chi connectivity index (χ2n) is 7.99. The molecule has 6 nitrogen and oxygen atoms in total. The summed E-state index contributed by atoms with van der Waals surface area (Å²) in [7, 11) is 1.55. The van der Waals surface area contributed by atoms with Crippen LogP contribution in [0.15, 0.2) is 0 Å². The number of alkyl halides is 1. The molecule has 3 rings (SSSR count). The van der Waals surface area contributed by atoms with E-state index in [2.05, 4.69) is 4.90 Å². The van der Waals surface area contributed by atoms with E-state index in [-0.39, 0.29) is 18.6 Å². The second-order valence-corrected chi connectivity index (χ2v) is 7.99. The van der Waals surface area contributed by atoms with Crippen molar-refractivity contribution in [3.63, 3.8) is 0 Å². The van der Waals surface area contributed by atoms with Crippen LogP contribution in [-0.4, -0.2) is 78.9 Å². The summed E-state index contributed by atoms with van der Waals surface area (Å²) in [5.41, 5.74) is 0. The van der Waals surface area contributed by atoms with Gasteiger partial charge in [0.05, 0.1) is 18.6 Å². The largest absolute Gasteiger partial charge is 0.481 e. The molecule has 26 heavy (non-hydrogen) atoms. The highest BCUT2D eigenvalue weighted by atomic mass is 19.1. The topological polar surface area (TPSA) is 62.2 Å². The lowest BCUT2D eigenvalue weighted by atomic mass is 9.87. The van der Waals surface area contributed by atoms with Gasteiger partial charge in [0.1, 0.15) is 0 Å². The summed E-state index contributed by atoms with van der Waals surface area (Å²) >= 11 is 0. The molecule has 150 valence electrons. The first-order valence-corrected chi connectivity index (χ1v) is 10.1.